The van der Waals surface area contributed by atoms with Crippen molar-refractivity contribution >= 4 is 5.78 Å². The summed E-state index contributed by atoms with van der Waals surface area (Å²) in [6, 6.07) is 9.83. The van der Waals surface area contributed by atoms with Gasteiger partial charge in [-0.1, -0.05) is 42.5 Å². The van der Waals surface area contributed by atoms with Crippen LogP contribution >= 0.6 is 0 Å². The molecule has 0 unspecified atom stereocenters. The largest absolute Gasteiger partial charge is 0.389 e. The fourth-order valence-corrected chi connectivity index (χ4v) is 2.32. The minimum Gasteiger partial charge on any atom is -0.389 e. The van der Waals surface area contributed by atoms with Crippen LogP contribution in [0.4, 0.5) is 0 Å². The van der Waals surface area contributed by atoms with E-state index in [1.807, 2.05) is 30.3 Å². The molecule has 2 rings (SSSR count). The average molecular weight is 228 g/mol. The van der Waals surface area contributed by atoms with Crippen molar-refractivity contribution in [2.75, 3.05) is 0 Å². The first-order valence-electron chi connectivity index (χ1n) is 5.80. The number of aliphatic hydroxyl groups is 1. The van der Waals surface area contributed by atoms with E-state index in [0.717, 1.165) is 5.56 Å². The molecule has 0 amide bonds. The van der Waals surface area contributed by atoms with Gasteiger partial charge in [0.05, 0.1) is 6.10 Å². The Morgan fingerprint density at radius 2 is 2.06 bits per heavy atom. The highest BCUT2D eigenvalue weighted by Gasteiger charge is 2.30. The Labute approximate surface area is 101 Å². The van der Waals surface area contributed by atoms with Crippen LogP contribution in [0, 0.1) is 5.92 Å². The highest BCUT2D eigenvalue weighted by atomic mass is 16.3. The van der Waals surface area contributed by atoms with E-state index >= 15 is 0 Å². The van der Waals surface area contributed by atoms with Crippen LogP contribution in [0.1, 0.15) is 17.9 Å². The zero-order valence-electron chi connectivity index (χ0n) is 9.62. The van der Waals surface area contributed by atoms with E-state index in [4.69, 9.17) is 0 Å². The van der Waals surface area contributed by atoms with Crippen molar-refractivity contribution < 1.29 is 9.90 Å². The quantitative estimate of drug-likeness (QED) is 0.807. The van der Waals surface area contributed by atoms with Gasteiger partial charge in [0.25, 0.3) is 0 Å². The van der Waals surface area contributed by atoms with Gasteiger partial charge in [0, 0.05) is 11.8 Å². The topological polar surface area (TPSA) is 37.3 Å². The second kappa shape index (κ2) is 5.11. The number of ketones is 1. The molecule has 1 aromatic rings. The van der Waals surface area contributed by atoms with Crippen LogP contribution in [0.25, 0.3) is 0 Å². The van der Waals surface area contributed by atoms with Gasteiger partial charge < -0.3 is 5.11 Å². The zero-order valence-corrected chi connectivity index (χ0v) is 9.62. The summed E-state index contributed by atoms with van der Waals surface area (Å²) < 4.78 is 0. The molecule has 1 aliphatic rings. The van der Waals surface area contributed by atoms with E-state index in [0.29, 0.717) is 6.42 Å². The Balaban J connectivity index is 2.28. The molecule has 1 aromatic carbocycles. The molecule has 0 fully saturated rings. The molecule has 1 aliphatic carbocycles. The lowest BCUT2D eigenvalue weighted by Gasteiger charge is -2.26. The second-order valence-electron chi connectivity index (χ2n) is 4.34. The monoisotopic (exact) mass is 228 g/mol. The zero-order chi connectivity index (χ0) is 12.3. The molecule has 0 saturated heterocycles. The van der Waals surface area contributed by atoms with Gasteiger partial charge in [-0.2, -0.15) is 0 Å². The number of hydrogen-bond acceptors (Lipinski definition) is 2. The van der Waals surface area contributed by atoms with Gasteiger partial charge in [-0.3, -0.25) is 4.79 Å². The minimum absolute atomic E-state index is 0.0247. The van der Waals surface area contributed by atoms with Crippen molar-refractivity contribution in [3.63, 3.8) is 0 Å². The predicted octanol–water partition coefficient (Wildman–Crippen LogP) is 2.46. The first kappa shape index (κ1) is 11.8. The lowest BCUT2D eigenvalue weighted by atomic mass is 9.77. The Kier molecular flexibility index (Phi) is 3.55. The summed E-state index contributed by atoms with van der Waals surface area (Å²) in [5, 5.41) is 9.62. The number of rotatable bonds is 3. The lowest BCUT2D eigenvalue weighted by Crippen LogP contribution is -2.28. The third-order valence-electron chi connectivity index (χ3n) is 3.22. The van der Waals surface area contributed by atoms with Crippen LogP contribution in [-0.4, -0.2) is 17.0 Å². The maximum atomic E-state index is 11.9. The number of hydrogen-bond donors (Lipinski definition) is 1. The molecular formula is C15H16O2. The highest BCUT2D eigenvalue weighted by Crippen LogP contribution is 2.32. The number of carbonyl (C=O) groups excluding carboxylic acids is 1. The van der Waals surface area contributed by atoms with E-state index in [1.165, 1.54) is 6.08 Å². The van der Waals surface area contributed by atoms with Crippen LogP contribution < -0.4 is 0 Å². The average Bonchev–Trinajstić information content (AvgIpc) is 2.36. The van der Waals surface area contributed by atoms with Gasteiger partial charge in [0.15, 0.2) is 5.78 Å². The third-order valence-corrected chi connectivity index (χ3v) is 3.22. The second-order valence-corrected chi connectivity index (χ2v) is 4.34. The molecule has 1 N–H and O–H groups in total. The summed E-state index contributed by atoms with van der Waals surface area (Å²) in [5.74, 6) is -0.151. The third kappa shape index (κ3) is 2.53. The van der Waals surface area contributed by atoms with Crippen molar-refractivity contribution in [2.45, 2.75) is 18.4 Å². The summed E-state index contributed by atoms with van der Waals surface area (Å²) >= 11 is 0. The van der Waals surface area contributed by atoms with Crippen molar-refractivity contribution in [2.24, 2.45) is 5.92 Å². The Hall–Kier alpha value is -1.67. The number of benzene rings is 1. The molecule has 0 bridgehead atoms. The molecule has 17 heavy (non-hydrogen) atoms. The molecule has 2 heteroatoms. The molecule has 2 nitrogen and oxygen atoms in total. The molecule has 0 heterocycles. The molecule has 3 atom stereocenters. The van der Waals surface area contributed by atoms with E-state index in [-0.39, 0.29) is 17.6 Å². The van der Waals surface area contributed by atoms with Crippen molar-refractivity contribution in [3.05, 3.63) is 60.7 Å². The minimum atomic E-state index is -0.524. The van der Waals surface area contributed by atoms with Crippen molar-refractivity contribution in [1.29, 1.82) is 0 Å². The summed E-state index contributed by atoms with van der Waals surface area (Å²) in [6.45, 7) is 3.81. The van der Waals surface area contributed by atoms with Crippen LogP contribution in [0.3, 0.4) is 0 Å². The van der Waals surface area contributed by atoms with Crippen molar-refractivity contribution in [3.8, 4) is 0 Å². The van der Waals surface area contributed by atoms with E-state index in [9.17, 15) is 9.90 Å². The van der Waals surface area contributed by atoms with Gasteiger partial charge >= 0.3 is 0 Å². The number of carbonyl (C=O) groups is 1. The standard InChI is InChI=1S/C15H16O2/c1-2-13(11-6-4-3-5-7-11)14-10-12(16)8-9-15(14)17/h2-9,12-14,16H,1,10H2/t12-,13+,14+/m0/s1. The first-order chi connectivity index (χ1) is 8.22. The lowest BCUT2D eigenvalue weighted by molar-refractivity contribution is -0.120. The molecule has 0 saturated carbocycles. The van der Waals surface area contributed by atoms with Gasteiger partial charge in [-0.25, -0.2) is 0 Å². The molecule has 0 aliphatic heterocycles. The summed E-state index contributed by atoms with van der Waals surface area (Å²) in [7, 11) is 0. The first-order valence-corrected chi connectivity index (χ1v) is 5.80. The summed E-state index contributed by atoms with van der Waals surface area (Å²) in [6.07, 6.45) is 4.79. The Morgan fingerprint density at radius 1 is 1.35 bits per heavy atom. The normalized spacial score (nSPS) is 25.6. The van der Waals surface area contributed by atoms with Crippen LogP contribution in [0.15, 0.2) is 55.1 Å². The van der Waals surface area contributed by atoms with E-state index < -0.39 is 6.10 Å². The van der Waals surface area contributed by atoms with Gasteiger partial charge in [0.1, 0.15) is 0 Å². The van der Waals surface area contributed by atoms with E-state index in [1.54, 1.807) is 12.2 Å². The van der Waals surface area contributed by atoms with E-state index in [2.05, 4.69) is 6.58 Å². The highest BCUT2D eigenvalue weighted by molar-refractivity contribution is 5.93. The molecule has 0 radical (unpaired) electrons. The van der Waals surface area contributed by atoms with Crippen molar-refractivity contribution in [1.82, 2.24) is 0 Å². The summed E-state index contributed by atoms with van der Waals surface area (Å²) in [5.41, 5.74) is 1.07. The smallest absolute Gasteiger partial charge is 0.159 e. The van der Waals surface area contributed by atoms with Crippen LogP contribution in [0.5, 0.6) is 0 Å². The maximum absolute atomic E-state index is 11.9. The fourth-order valence-electron chi connectivity index (χ4n) is 2.32. The fraction of sp³-hybridized carbons (Fsp3) is 0.267. The van der Waals surface area contributed by atoms with Crippen LogP contribution in [-0.2, 0) is 4.79 Å². The molecule has 0 aromatic heterocycles. The number of allylic oxidation sites excluding steroid dienone is 2. The Bertz CT molecular complexity index is 433. The molecule has 0 spiro atoms. The van der Waals surface area contributed by atoms with Crippen LogP contribution in [0.2, 0.25) is 0 Å². The van der Waals surface area contributed by atoms with Gasteiger partial charge in [-0.05, 0) is 18.1 Å². The maximum Gasteiger partial charge on any atom is 0.159 e. The molecular weight excluding hydrogens is 212 g/mol. The van der Waals surface area contributed by atoms with Gasteiger partial charge in [0.2, 0.25) is 0 Å². The van der Waals surface area contributed by atoms with Gasteiger partial charge in [-0.15, -0.1) is 6.58 Å². The SMILES string of the molecule is C=C[C@H](c1ccccc1)[C@H]1C[C@@H](O)C=CC1=O. The predicted molar refractivity (Wildman–Crippen MR) is 67.6 cm³/mol. The summed E-state index contributed by atoms with van der Waals surface area (Å²) in [4.78, 5) is 11.9. The number of aliphatic hydroxyl groups excluding tert-OH is 1. The molecule has 88 valence electrons. The Morgan fingerprint density at radius 3 is 2.71 bits per heavy atom.